The smallest absolute Gasteiger partial charge is 0.336 e. The van der Waals surface area contributed by atoms with E-state index < -0.39 is 36.4 Å². The molecule has 3 saturated heterocycles. The van der Waals surface area contributed by atoms with Crippen LogP contribution >= 0.6 is 0 Å². The molecule has 506 valence electrons. The van der Waals surface area contributed by atoms with E-state index in [9.17, 15) is 28.8 Å². The summed E-state index contributed by atoms with van der Waals surface area (Å²) in [7, 11) is 0. The number of carbonyl (C=O) groups excluding carboxylic acids is 3. The third-order valence-corrected chi connectivity index (χ3v) is 17.2. The molecule has 0 radical (unpaired) electrons. The van der Waals surface area contributed by atoms with Gasteiger partial charge in [0, 0.05) is 79.7 Å². The highest BCUT2D eigenvalue weighted by Gasteiger charge is 2.41. The molecule has 9 rings (SSSR count). The van der Waals surface area contributed by atoms with E-state index in [1.165, 1.54) is 16.7 Å². The van der Waals surface area contributed by atoms with Crippen LogP contribution in [0.4, 0.5) is 0 Å². The molecule has 3 heterocycles. The van der Waals surface area contributed by atoms with Crippen LogP contribution in [0.5, 0.6) is 0 Å². The molecule has 0 spiro atoms. The fourth-order valence-electron chi connectivity index (χ4n) is 12.1. The summed E-state index contributed by atoms with van der Waals surface area (Å²) in [6.07, 6.45) is 3.44. The summed E-state index contributed by atoms with van der Waals surface area (Å²) in [6, 6.07) is 62.5. The molecule has 6 aromatic carbocycles. The number of rotatable bonds is 26. The van der Waals surface area contributed by atoms with Gasteiger partial charge in [-0.1, -0.05) is 203 Å². The topological polar surface area (TPSA) is 230 Å². The van der Waals surface area contributed by atoms with Crippen molar-refractivity contribution in [2.45, 2.75) is 154 Å². The van der Waals surface area contributed by atoms with Gasteiger partial charge in [0.15, 0.2) is 5.60 Å². The number of piperidine rings is 3. The molecule has 3 atom stereocenters. The van der Waals surface area contributed by atoms with Gasteiger partial charge in [-0.05, 0) is 89.7 Å². The molecule has 0 bridgehead atoms. The predicted molar refractivity (Wildman–Crippen MR) is 361 cm³/mol. The second-order valence-corrected chi connectivity index (χ2v) is 24.8. The Morgan fingerprint density at radius 1 is 0.394 bits per heavy atom. The Kier molecular flexibility index (Phi) is 31.5. The Balaban J connectivity index is 0.000000205. The van der Waals surface area contributed by atoms with Crippen molar-refractivity contribution in [3.63, 3.8) is 0 Å². The quantitative estimate of drug-likeness (QED) is 0.0370. The van der Waals surface area contributed by atoms with Crippen molar-refractivity contribution < 1.29 is 63.7 Å². The summed E-state index contributed by atoms with van der Waals surface area (Å²) in [5, 5.41) is 38.6. The largest absolute Gasteiger partial charge is 0.481 e. The van der Waals surface area contributed by atoms with Gasteiger partial charge in [0.25, 0.3) is 0 Å². The normalized spacial score (nSPS) is 16.0. The van der Waals surface area contributed by atoms with Gasteiger partial charge in [0.05, 0.1) is 31.0 Å². The molecule has 6 aromatic rings. The average molecular weight is 1290 g/mol. The number of hydrogen-bond donors (Lipinski definition) is 4. The molecule has 3 amide bonds. The lowest BCUT2D eigenvalue weighted by atomic mass is 9.96. The molecule has 3 aliphatic heterocycles. The van der Waals surface area contributed by atoms with E-state index in [0.717, 1.165) is 114 Å². The van der Waals surface area contributed by atoms with Gasteiger partial charge < -0.3 is 35.1 Å². The number of nitrogens with zero attached hydrogens (tertiary/aromatic N) is 6. The zero-order chi connectivity index (χ0) is 67.8. The molecule has 0 saturated carbocycles. The zero-order valence-corrected chi connectivity index (χ0v) is 55.6. The van der Waals surface area contributed by atoms with Gasteiger partial charge in [-0.15, -0.1) is 0 Å². The van der Waals surface area contributed by atoms with Crippen LogP contribution in [0.3, 0.4) is 0 Å². The lowest BCUT2D eigenvalue weighted by molar-refractivity contribution is -0.208. The van der Waals surface area contributed by atoms with E-state index in [2.05, 4.69) is 126 Å². The van der Waals surface area contributed by atoms with Crippen LogP contribution in [0.25, 0.3) is 0 Å². The van der Waals surface area contributed by atoms with Gasteiger partial charge in [-0.25, -0.2) is 20.0 Å². The van der Waals surface area contributed by atoms with Crippen LogP contribution in [0.1, 0.15) is 144 Å². The molecule has 0 aliphatic carbocycles. The molecule has 3 fully saturated rings. The van der Waals surface area contributed by atoms with E-state index >= 15 is 0 Å². The van der Waals surface area contributed by atoms with Crippen molar-refractivity contribution in [1.29, 1.82) is 0 Å². The lowest BCUT2D eigenvalue weighted by Gasteiger charge is -2.38. The van der Waals surface area contributed by atoms with Gasteiger partial charge in [-0.2, -0.15) is 0 Å². The molecule has 19 heteroatoms. The van der Waals surface area contributed by atoms with Crippen molar-refractivity contribution >= 4 is 35.6 Å². The van der Waals surface area contributed by atoms with Gasteiger partial charge in [0.2, 0.25) is 17.7 Å². The van der Waals surface area contributed by atoms with E-state index in [1.54, 1.807) is 36.0 Å². The fraction of sp³-hybridized carbons (Fsp3) is 0.440. The fourth-order valence-corrected chi connectivity index (χ4v) is 12.1. The van der Waals surface area contributed by atoms with Crippen LogP contribution in [0.2, 0.25) is 0 Å². The van der Waals surface area contributed by atoms with Crippen LogP contribution in [-0.2, 0) is 63.1 Å². The van der Waals surface area contributed by atoms with E-state index in [-0.39, 0.29) is 35.8 Å². The number of aliphatic hydroxyl groups is 1. The second-order valence-electron chi connectivity index (χ2n) is 24.8. The van der Waals surface area contributed by atoms with Gasteiger partial charge >= 0.3 is 17.9 Å². The minimum absolute atomic E-state index is 0.0120. The van der Waals surface area contributed by atoms with Crippen LogP contribution < -0.4 is 0 Å². The number of amides is 3. The molecule has 94 heavy (non-hydrogen) atoms. The van der Waals surface area contributed by atoms with Crippen molar-refractivity contribution in [2.75, 3.05) is 58.9 Å². The Labute approximate surface area is 555 Å². The number of benzene rings is 6. The van der Waals surface area contributed by atoms with Crippen molar-refractivity contribution in [3.05, 3.63) is 215 Å². The number of aliphatic carboxylic acids is 3. The zero-order valence-electron chi connectivity index (χ0n) is 55.6. The summed E-state index contributed by atoms with van der Waals surface area (Å²) in [4.78, 5) is 91.9. The van der Waals surface area contributed by atoms with E-state index in [1.807, 2.05) is 91.0 Å². The predicted octanol–water partition coefficient (Wildman–Crippen LogP) is 11.5. The highest BCUT2D eigenvalue weighted by Crippen LogP contribution is 2.27. The highest BCUT2D eigenvalue weighted by molar-refractivity contribution is 5.88. The molecule has 0 aromatic heterocycles. The number of hydroxylamine groups is 6. The Morgan fingerprint density at radius 2 is 0.606 bits per heavy atom. The summed E-state index contributed by atoms with van der Waals surface area (Å²) in [5.74, 6) is -3.51. The first-order valence-electron chi connectivity index (χ1n) is 32.8. The minimum Gasteiger partial charge on any atom is -0.481 e. The first-order chi connectivity index (χ1) is 45.2. The highest BCUT2D eigenvalue weighted by atomic mass is 16.7. The Bertz CT molecular complexity index is 2850. The summed E-state index contributed by atoms with van der Waals surface area (Å²) >= 11 is 0. The number of carboxylic acids is 3. The Morgan fingerprint density at radius 3 is 0.798 bits per heavy atom. The third-order valence-electron chi connectivity index (χ3n) is 17.2. The summed E-state index contributed by atoms with van der Waals surface area (Å²) < 4.78 is 0. The lowest BCUT2D eigenvalue weighted by Crippen LogP contribution is -2.47. The first kappa shape index (κ1) is 74.9. The maximum absolute atomic E-state index is 12.1. The first-order valence-corrected chi connectivity index (χ1v) is 32.8. The van der Waals surface area contributed by atoms with E-state index in [0.29, 0.717) is 37.6 Å². The maximum atomic E-state index is 12.1. The minimum atomic E-state index is -2.74. The van der Waals surface area contributed by atoms with E-state index in [4.69, 9.17) is 34.9 Å². The number of hydrogen-bond acceptors (Lipinski definition) is 13. The molecular formula is C75H98N6O13. The van der Waals surface area contributed by atoms with Gasteiger partial charge in [-0.3, -0.25) is 38.5 Å². The van der Waals surface area contributed by atoms with Crippen molar-refractivity contribution in [2.24, 2.45) is 0 Å². The maximum Gasteiger partial charge on any atom is 0.336 e. The molecule has 4 N–H and O–H groups in total. The van der Waals surface area contributed by atoms with Crippen LogP contribution in [-0.4, -0.2) is 169 Å². The molecular weight excluding hydrogens is 1190 g/mol. The van der Waals surface area contributed by atoms with Crippen LogP contribution in [0, 0.1) is 0 Å². The number of likely N-dealkylation sites (tertiary alicyclic amines) is 3. The third kappa shape index (κ3) is 26.0. The molecule has 3 aliphatic rings. The average Bonchev–Trinajstić information content (AvgIpc) is 1.05. The van der Waals surface area contributed by atoms with Crippen LogP contribution in [0.15, 0.2) is 182 Å². The SMILES string of the molecule is CC(=O)N(OCc1ccccc1)C1CCN(CC(C)c2ccccc2)CC1.CC(=O)N(OCc1ccccc1)C1CCN(CC(C)c2ccccc2)CC1.CC(=O)N(OCc1ccccc1)C1CCN(CC(C)c2ccccc2)CC1.O=C(O)CC(O)(CC(=O)O)C(=O)O. The Hall–Kier alpha value is -8.14. The van der Waals surface area contributed by atoms with Crippen molar-refractivity contribution in [1.82, 2.24) is 29.9 Å². The van der Waals surface area contributed by atoms with Gasteiger partial charge in [0.1, 0.15) is 19.8 Å². The molecule has 3 unspecified atom stereocenters. The standard InChI is InChI=1S/3C23H30N2O2.C6H8O7/c3*1-19(22-11-7-4-8-12-22)17-24-15-13-23(14-16-24)25(20(2)26)27-18-21-9-5-3-6-10-21;7-3(8)1-6(13,5(11)12)2-4(9)10/h3*3-12,19,23H,13-18H2,1-2H3;13H,1-2H2,(H,7,8)(H,9,10)(H,11,12). The van der Waals surface area contributed by atoms with Crippen molar-refractivity contribution in [3.8, 4) is 0 Å². The number of carboxylic acid groups (broad SMARTS) is 3. The molecule has 19 nitrogen and oxygen atoms in total. The summed E-state index contributed by atoms with van der Waals surface area (Å²) in [5.41, 5.74) is 4.66. The number of carbonyl (C=O) groups is 6. The summed E-state index contributed by atoms with van der Waals surface area (Å²) in [6.45, 7) is 22.1. The monoisotopic (exact) mass is 1290 g/mol. The second kappa shape index (κ2) is 39.5.